The number of aliphatic hydroxyl groups excluding tert-OH is 1. The Bertz CT molecular complexity index is 1280. The maximum Gasteiger partial charge on any atom is 0.326 e. The van der Waals surface area contributed by atoms with Gasteiger partial charge in [0.25, 0.3) is 0 Å². The number of rotatable bonds is 24. The zero-order valence-electron chi connectivity index (χ0n) is 28.4. The fourth-order valence-corrected chi connectivity index (χ4v) is 4.71. The van der Waals surface area contributed by atoms with Gasteiger partial charge in [-0.15, -0.1) is 0 Å². The van der Waals surface area contributed by atoms with E-state index in [0.29, 0.717) is 37.8 Å². The molecule has 0 unspecified atom stereocenters. The van der Waals surface area contributed by atoms with Gasteiger partial charge in [-0.3, -0.25) is 28.8 Å². The lowest BCUT2D eigenvalue weighted by Gasteiger charge is -2.26. The van der Waals surface area contributed by atoms with Crippen molar-refractivity contribution < 1.29 is 48.9 Å². The summed E-state index contributed by atoms with van der Waals surface area (Å²) in [5.41, 5.74) is 17.5. The highest BCUT2D eigenvalue weighted by Crippen LogP contribution is 2.07. The molecule has 1 rings (SSSR count). The fourth-order valence-electron chi connectivity index (χ4n) is 4.71. The molecule has 18 heteroatoms. The predicted octanol–water partition coefficient (Wildman–Crippen LogP) is -2.80. The van der Waals surface area contributed by atoms with Gasteiger partial charge in [-0.2, -0.15) is 0 Å². The average molecular weight is 709 g/mol. The predicted molar refractivity (Wildman–Crippen MR) is 181 cm³/mol. The molecule has 280 valence electrons. The Morgan fingerprint density at radius 1 is 0.660 bits per heavy atom. The van der Waals surface area contributed by atoms with E-state index in [2.05, 4.69) is 26.6 Å². The van der Waals surface area contributed by atoms with Crippen LogP contribution in [0, 0.1) is 0 Å². The standard InChI is InChI=1S/C32H52N8O10/c1-18(27(44)40-26(19(2)41)31(48)39-24(32(49)50)16-20-10-4-3-5-11-20)36-29(46)22(13-7-9-15-34)37-30(47)23(17-25(42)43)38-28(45)21(35)12-6-8-14-33/h3-5,10-11,18-19,21-24,26,41H,6-9,12-17,33-35H2,1-2H3,(H,36,46)(H,37,47)(H,38,45)(H,39,48)(H,40,44)(H,42,43)(H,49,50)/t18-,19+,21-,22-,23-,24-,26-/m0/s1. The Morgan fingerprint density at radius 3 is 1.74 bits per heavy atom. The summed E-state index contributed by atoms with van der Waals surface area (Å²) in [7, 11) is 0. The first kappa shape index (κ1) is 43.4. The van der Waals surface area contributed by atoms with E-state index in [0.717, 1.165) is 0 Å². The Hall–Kier alpha value is -4.65. The van der Waals surface area contributed by atoms with Crippen molar-refractivity contribution in [2.75, 3.05) is 13.1 Å². The lowest BCUT2D eigenvalue weighted by Crippen LogP contribution is -2.60. The number of amides is 5. The van der Waals surface area contributed by atoms with Gasteiger partial charge in [-0.05, 0) is 64.6 Å². The van der Waals surface area contributed by atoms with E-state index in [1.807, 2.05) is 0 Å². The number of nitrogens with two attached hydrogens (primary N) is 3. The Labute approximate surface area is 290 Å². The van der Waals surface area contributed by atoms with E-state index in [-0.39, 0.29) is 25.8 Å². The summed E-state index contributed by atoms with van der Waals surface area (Å²) in [6.07, 6.45) is -0.0771. The number of hydrogen-bond donors (Lipinski definition) is 11. The van der Waals surface area contributed by atoms with E-state index in [9.17, 15) is 48.9 Å². The number of benzene rings is 1. The Kier molecular flexibility index (Phi) is 19.8. The quantitative estimate of drug-likeness (QED) is 0.0484. The molecule has 1 aromatic carbocycles. The van der Waals surface area contributed by atoms with E-state index in [1.165, 1.54) is 13.8 Å². The highest BCUT2D eigenvalue weighted by molar-refractivity contribution is 5.97. The number of carboxylic acid groups (broad SMARTS) is 2. The topological polar surface area (TPSA) is 318 Å². The minimum absolute atomic E-state index is 0.0339. The summed E-state index contributed by atoms with van der Waals surface area (Å²) in [4.78, 5) is 88.4. The highest BCUT2D eigenvalue weighted by Gasteiger charge is 2.33. The molecule has 0 aromatic heterocycles. The maximum atomic E-state index is 13.3. The molecule has 14 N–H and O–H groups in total. The van der Waals surface area contributed by atoms with Crippen LogP contribution in [0.3, 0.4) is 0 Å². The van der Waals surface area contributed by atoms with E-state index in [1.54, 1.807) is 30.3 Å². The number of nitrogens with one attached hydrogen (secondary N) is 5. The van der Waals surface area contributed by atoms with E-state index >= 15 is 0 Å². The molecular weight excluding hydrogens is 656 g/mol. The summed E-state index contributed by atoms with van der Waals surface area (Å²) in [6, 6.07) is 0.308. The van der Waals surface area contributed by atoms with Gasteiger partial charge in [0.15, 0.2) is 0 Å². The lowest BCUT2D eigenvalue weighted by atomic mass is 10.0. The Morgan fingerprint density at radius 2 is 1.20 bits per heavy atom. The number of unbranched alkanes of at least 4 members (excludes halogenated alkanes) is 2. The van der Waals surface area contributed by atoms with Crippen molar-refractivity contribution in [2.45, 2.75) is 108 Å². The van der Waals surface area contributed by atoms with Crippen LogP contribution in [0.15, 0.2) is 30.3 Å². The molecule has 0 aliphatic rings. The molecule has 18 nitrogen and oxygen atoms in total. The number of hydrogen-bond acceptors (Lipinski definition) is 11. The number of carbonyl (C=O) groups excluding carboxylic acids is 5. The molecule has 0 aliphatic carbocycles. The molecule has 7 atom stereocenters. The average Bonchev–Trinajstić information content (AvgIpc) is 3.05. The van der Waals surface area contributed by atoms with Crippen LogP contribution < -0.4 is 43.8 Å². The summed E-state index contributed by atoms with van der Waals surface area (Å²) in [6.45, 7) is 3.16. The zero-order valence-corrected chi connectivity index (χ0v) is 28.4. The second-order valence-corrected chi connectivity index (χ2v) is 11.9. The van der Waals surface area contributed by atoms with Crippen molar-refractivity contribution in [1.82, 2.24) is 26.6 Å². The third kappa shape index (κ3) is 16.2. The van der Waals surface area contributed by atoms with Crippen LogP contribution in [0.1, 0.15) is 64.4 Å². The van der Waals surface area contributed by atoms with Gasteiger partial charge in [0.2, 0.25) is 29.5 Å². The molecule has 0 aliphatic heterocycles. The van der Waals surface area contributed by atoms with Crippen LogP contribution in [0.25, 0.3) is 0 Å². The van der Waals surface area contributed by atoms with Crippen LogP contribution in [-0.2, 0) is 40.0 Å². The van der Waals surface area contributed by atoms with Crippen molar-refractivity contribution in [3.05, 3.63) is 35.9 Å². The molecule has 0 fully saturated rings. The van der Waals surface area contributed by atoms with Gasteiger partial charge in [-0.1, -0.05) is 36.8 Å². The van der Waals surface area contributed by atoms with Gasteiger partial charge in [0.05, 0.1) is 18.6 Å². The third-order valence-electron chi connectivity index (χ3n) is 7.61. The molecule has 0 radical (unpaired) electrons. The van der Waals surface area contributed by atoms with Gasteiger partial charge >= 0.3 is 11.9 Å². The number of carbonyl (C=O) groups is 7. The summed E-state index contributed by atoms with van der Waals surface area (Å²) < 4.78 is 0. The molecular formula is C32H52N8O10. The van der Waals surface area contributed by atoms with Gasteiger partial charge in [-0.25, -0.2) is 4.79 Å². The van der Waals surface area contributed by atoms with Crippen LogP contribution >= 0.6 is 0 Å². The van der Waals surface area contributed by atoms with E-state index < -0.39 is 90.3 Å². The summed E-state index contributed by atoms with van der Waals surface area (Å²) >= 11 is 0. The van der Waals surface area contributed by atoms with Gasteiger partial charge in [0, 0.05) is 6.42 Å². The minimum atomic E-state index is -1.60. The van der Waals surface area contributed by atoms with Crippen molar-refractivity contribution in [1.29, 1.82) is 0 Å². The fraction of sp³-hybridized carbons (Fsp3) is 0.594. The SMILES string of the molecule is C[C@H](NC(=O)[C@H](CCCCN)NC(=O)[C@H](CC(=O)O)NC(=O)[C@@H](N)CCCCN)C(=O)N[C@H](C(=O)N[C@@H](Cc1ccccc1)C(=O)O)[C@@H](C)O. The molecule has 0 saturated carbocycles. The number of aliphatic carboxylic acids is 2. The van der Waals surface area contributed by atoms with Crippen LogP contribution in [0.5, 0.6) is 0 Å². The molecule has 0 saturated heterocycles. The van der Waals surface area contributed by atoms with Gasteiger partial charge < -0.3 is 59.1 Å². The zero-order chi connectivity index (χ0) is 37.8. The van der Waals surface area contributed by atoms with Crippen LogP contribution in [-0.4, -0.2) is 112 Å². The smallest absolute Gasteiger partial charge is 0.326 e. The first-order valence-electron chi connectivity index (χ1n) is 16.4. The van der Waals surface area contributed by atoms with Crippen LogP contribution in [0.4, 0.5) is 0 Å². The monoisotopic (exact) mass is 708 g/mol. The van der Waals surface area contributed by atoms with Gasteiger partial charge in [0.1, 0.15) is 30.2 Å². The maximum absolute atomic E-state index is 13.3. The summed E-state index contributed by atoms with van der Waals surface area (Å²) in [5, 5.41) is 41.0. The number of carboxylic acids is 2. The van der Waals surface area contributed by atoms with Crippen molar-refractivity contribution in [2.24, 2.45) is 17.2 Å². The molecule has 0 heterocycles. The Balaban J connectivity index is 3.01. The molecule has 0 bridgehead atoms. The molecule has 0 spiro atoms. The first-order valence-corrected chi connectivity index (χ1v) is 16.4. The van der Waals surface area contributed by atoms with Crippen LogP contribution in [0.2, 0.25) is 0 Å². The lowest BCUT2D eigenvalue weighted by molar-refractivity contribution is -0.143. The molecule has 50 heavy (non-hydrogen) atoms. The van der Waals surface area contributed by atoms with Crippen molar-refractivity contribution >= 4 is 41.5 Å². The largest absolute Gasteiger partial charge is 0.481 e. The second kappa shape index (κ2) is 22.9. The van der Waals surface area contributed by atoms with Crippen molar-refractivity contribution in [3.63, 3.8) is 0 Å². The van der Waals surface area contributed by atoms with Crippen molar-refractivity contribution in [3.8, 4) is 0 Å². The minimum Gasteiger partial charge on any atom is -0.481 e. The summed E-state index contributed by atoms with van der Waals surface area (Å²) in [5.74, 6) is -7.21. The third-order valence-corrected chi connectivity index (χ3v) is 7.61. The molecule has 1 aromatic rings. The highest BCUT2D eigenvalue weighted by atomic mass is 16.4. The molecule has 5 amide bonds. The van der Waals surface area contributed by atoms with E-state index in [4.69, 9.17) is 17.2 Å². The normalized spacial score (nSPS) is 15.2. The first-order chi connectivity index (χ1) is 23.6. The second-order valence-electron chi connectivity index (χ2n) is 11.9. The number of aliphatic hydroxyl groups is 1.